The van der Waals surface area contributed by atoms with Gasteiger partial charge in [-0.25, -0.2) is 0 Å². The van der Waals surface area contributed by atoms with Crippen LogP contribution in [0.2, 0.25) is 5.02 Å². The third kappa shape index (κ3) is 3.42. The highest BCUT2D eigenvalue weighted by Gasteiger charge is 2.27. The Kier molecular flexibility index (Phi) is 4.62. The molecule has 2 heterocycles. The Morgan fingerprint density at radius 3 is 2.74 bits per heavy atom. The van der Waals surface area contributed by atoms with Crippen molar-refractivity contribution < 1.29 is 4.79 Å². The highest BCUT2D eigenvalue weighted by atomic mass is 35.5. The molecule has 3 aromatic rings. The lowest BCUT2D eigenvalue weighted by molar-refractivity contribution is -0.117. The fraction of sp³-hybridized carbons (Fsp3) is 0.136. The summed E-state index contributed by atoms with van der Waals surface area (Å²) in [6, 6.07) is 17.0. The van der Waals surface area contributed by atoms with Crippen molar-refractivity contribution in [3.8, 4) is 17.2 Å². The molecule has 4 nitrogen and oxygen atoms in total. The average molecular weight is 374 g/mol. The molecule has 0 saturated heterocycles. The lowest BCUT2D eigenvalue weighted by Crippen LogP contribution is -2.30. The van der Waals surface area contributed by atoms with Gasteiger partial charge in [-0.15, -0.1) is 0 Å². The summed E-state index contributed by atoms with van der Waals surface area (Å²) in [6.07, 6.45) is 4.67. The molecule has 0 spiro atoms. The molecule has 27 heavy (non-hydrogen) atoms. The van der Waals surface area contributed by atoms with Gasteiger partial charge in [0.15, 0.2) is 0 Å². The number of fused-ring (bicyclic) bond motifs is 1. The number of aromatic nitrogens is 1. The Morgan fingerprint density at radius 2 is 2.00 bits per heavy atom. The molecule has 0 N–H and O–H groups in total. The Balaban J connectivity index is 1.62. The number of hydrogen-bond acceptors (Lipinski definition) is 3. The SMILES string of the molecule is N#Cc1ccc(-c2cncc3c2CCN3C(=O)Cc2cccc(Cl)c2)cc1. The molecule has 1 aliphatic rings. The van der Waals surface area contributed by atoms with Gasteiger partial charge in [0.2, 0.25) is 5.91 Å². The maximum Gasteiger partial charge on any atom is 0.231 e. The number of pyridine rings is 1. The maximum atomic E-state index is 12.8. The fourth-order valence-electron chi connectivity index (χ4n) is 3.46. The topological polar surface area (TPSA) is 57.0 Å². The predicted molar refractivity (Wildman–Crippen MR) is 106 cm³/mol. The molecule has 0 bridgehead atoms. The molecule has 0 unspecified atom stereocenters. The van der Waals surface area contributed by atoms with E-state index in [0.717, 1.165) is 34.4 Å². The Bertz CT molecular complexity index is 1050. The zero-order valence-electron chi connectivity index (χ0n) is 14.5. The van der Waals surface area contributed by atoms with E-state index in [9.17, 15) is 4.79 Å². The van der Waals surface area contributed by atoms with Gasteiger partial charge in [-0.2, -0.15) is 5.26 Å². The molecule has 1 aliphatic heterocycles. The van der Waals surface area contributed by atoms with Gasteiger partial charge < -0.3 is 4.90 Å². The van der Waals surface area contributed by atoms with Crippen LogP contribution >= 0.6 is 11.6 Å². The van der Waals surface area contributed by atoms with Crippen LogP contribution in [0.5, 0.6) is 0 Å². The van der Waals surface area contributed by atoms with E-state index in [1.165, 1.54) is 0 Å². The Morgan fingerprint density at radius 1 is 1.19 bits per heavy atom. The van der Waals surface area contributed by atoms with E-state index in [0.29, 0.717) is 23.6 Å². The Labute approximate surface area is 162 Å². The second-order valence-electron chi connectivity index (χ2n) is 6.48. The first-order valence-corrected chi connectivity index (χ1v) is 9.06. The van der Waals surface area contributed by atoms with Crippen molar-refractivity contribution in [1.82, 2.24) is 4.98 Å². The molecule has 5 heteroatoms. The third-order valence-corrected chi connectivity index (χ3v) is 5.02. The van der Waals surface area contributed by atoms with E-state index in [1.54, 1.807) is 29.3 Å². The van der Waals surface area contributed by atoms with Gasteiger partial charge in [0.1, 0.15) is 0 Å². The lowest BCUT2D eigenvalue weighted by Gasteiger charge is -2.17. The van der Waals surface area contributed by atoms with Gasteiger partial charge in [-0.1, -0.05) is 35.9 Å². The van der Waals surface area contributed by atoms with Gasteiger partial charge in [-0.05, 0) is 47.4 Å². The van der Waals surface area contributed by atoms with Gasteiger partial charge in [0.25, 0.3) is 0 Å². The van der Waals surface area contributed by atoms with E-state index in [-0.39, 0.29) is 5.91 Å². The van der Waals surface area contributed by atoms with Crippen molar-refractivity contribution in [2.75, 3.05) is 11.4 Å². The molecule has 0 atom stereocenters. The first kappa shape index (κ1) is 17.3. The van der Waals surface area contributed by atoms with E-state index >= 15 is 0 Å². The number of benzene rings is 2. The van der Waals surface area contributed by atoms with Crippen molar-refractivity contribution in [3.63, 3.8) is 0 Å². The Hall–Kier alpha value is -3.16. The van der Waals surface area contributed by atoms with E-state index in [1.807, 2.05) is 36.5 Å². The number of anilines is 1. The molecule has 2 aromatic carbocycles. The van der Waals surface area contributed by atoms with E-state index in [2.05, 4.69) is 11.1 Å². The van der Waals surface area contributed by atoms with Crippen molar-refractivity contribution in [3.05, 3.63) is 82.6 Å². The molecular weight excluding hydrogens is 358 g/mol. The van der Waals surface area contributed by atoms with Crippen LogP contribution in [-0.4, -0.2) is 17.4 Å². The summed E-state index contributed by atoms with van der Waals surface area (Å²) >= 11 is 6.02. The van der Waals surface area contributed by atoms with Crippen LogP contribution < -0.4 is 4.90 Å². The first-order chi connectivity index (χ1) is 13.2. The monoisotopic (exact) mass is 373 g/mol. The van der Waals surface area contributed by atoms with E-state index in [4.69, 9.17) is 16.9 Å². The maximum absolute atomic E-state index is 12.8. The second kappa shape index (κ2) is 7.22. The number of carbonyl (C=O) groups excluding carboxylic acids is 1. The number of nitrogens with zero attached hydrogens (tertiary/aromatic N) is 3. The molecule has 0 radical (unpaired) electrons. The van der Waals surface area contributed by atoms with Crippen molar-refractivity contribution in [1.29, 1.82) is 5.26 Å². The minimum absolute atomic E-state index is 0.0368. The highest BCUT2D eigenvalue weighted by molar-refractivity contribution is 6.30. The number of halogens is 1. The van der Waals surface area contributed by atoms with Gasteiger partial charge in [0, 0.05) is 23.3 Å². The number of rotatable bonds is 3. The molecule has 0 saturated carbocycles. The molecule has 1 amide bonds. The van der Waals surface area contributed by atoms with Crippen LogP contribution in [-0.2, 0) is 17.6 Å². The third-order valence-electron chi connectivity index (χ3n) is 4.78. The van der Waals surface area contributed by atoms with Crippen molar-refractivity contribution in [2.24, 2.45) is 0 Å². The highest BCUT2D eigenvalue weighted by Crippen LogP contribution is 2.35. The van der Waals surface area contributed by atoms with E-state index < -0.39 is 0 Å². The van der Waals surface area contributed by atoms with Crippen molar-refractivity contribution >= 4 is 23.2 Å². The fourth-order valence-corrected chi connectivity index (χ4v) is 3.68. The molecule has 1 aromatic heterocycles. The normalized spacial score (nSPS) is 12.5. The standard InChI is InChI=1S/C22H16ClN3O/c23-18-3-1-2-16(10-18)11-22(27)26-9-8-19-20(13-25-14-21(19)26)17-6-4-15(12-24)5-7-17/h1-7,10,13-14H,8-9,11H2. The summed E-state index contributed by atoms with van der Waals surface area (Å²) in [5.74, 6) is 0.0368. The zero-order chi connectivity index (χ0) is 18.8. The zero-order valence-corrected chi connectivity index (χ0v) is 15.3. The second-order valence-corrected chi connectivity index (χ2v) is 6.91. The first-order valence-electron chi connectivity index (χ1n) is 8.68. The molecule has 0 aliphatic carbocycles. The van der Waals surface area contributed by atoms with Crippen LogP contribution in [0.25, 0.3) is 11.1 Å². The average Bonchev–Trinajstić information content (AvgIpc) is 3.12. The van der Waals surface area contributed by atoms with Crippen LogP contribution in [0.1, 0.15) is 16.7 Å². The lowest BCUT2D eigenvalue weighted by atomic mass is 9.99. The molecule has 0 fully saturated rings. The smallest absolute Gasteiger partial charge is 0.231 e. The number of amides is 1. The predicted octanol–water partition coefficient (Wildman–Crippen LogP) is 4.41. The van der Waals surface area contributed by atoms with Gasteiger partial charge in [-0.3, -0.25) is 9.78 Å². The quantitative estimate of drug-likeness (QED) is 0.683. The van der Waals surface area contributed by atoms with Crippen molar-refractivity contribution in [2.45, 2.75) is 12.8 Å². The number of nitriles is 1. The summed E-state index contributed by atoms with van der Waals surface area (Å²) in [5.41, 5.74) is 5.52. The summed E-state index contributed by atoms with van der Waals surface area (Å²) in [6.45, 7) is 0.643. The van der Waals surface area contributed by atoms with Gasteiger partial charge >= 0.3 is 0 Å². The van der Waals surface area contributed by atoms with Crippen LogP contribution in [0, 0.1) is 11.3 Å². The van der Waals surface area contributed by atoms with Gasteiger partial charge in [0.05, 0.1) is 29.9 Å². The number of carbonyl (C=O) groups is 1. The summed E-state index contributed by atoms with van der Waals surface area (Å²) in [4.78, 5) is 19.0. The number of hydrogen-bond donors (Lipinski definition) is 0. The molecule has 132 valence electrons. The van der Waals surface area contributed by atoms with Crippen LogP contribution in [0.3, 0.4) is 0 Å². The molecular formula is C22H16ClN3O. The summed E-state index contributed by atoms with van der Waals surface area (Å²) in [7, 11) is 0. The minimum atomic E-state index is 0.0368. The molecule has 4 rings (SSSR count). The minimum Gasteiger partial charge on any atom is -0.310 e. The van der Waals surface area contributed by atoms with Crippen LogP contribution in [0.4, 0.5) is 5.69 Å². The summed E-state index contributed by atoms with van der Waals surface area (Å²) in [5, 5.41) is 9.60. The summed E-state index contributed by atoms with van der Waals surface area (Å²) < 4.78 is 0. The van der Waals surface area contributed by atoms with Crippen LogP contribution in [0.15, 0.2) is 60.9 Å². The largest absolute Gasteiger partial charge is 0.310 e.